The fourth-order valence-electron chi connectivity index (χ4n) is 2.17. The van der Waals surface area contributed by atoms with E-state index in [1.165, 1.54) is 0 Å². The third-order valence-corrected chi connectivity index (χ3v) is 3.48. The second-order valence-electron chi connectivity index (χ2n) is 4.27. The van der Waals surface area contributed by atoms with Crippen LogP contribution in [0.3, 0.4) is 0 Å². The Hall–Kier alpha value is -0.480. The topological polar surface area (TPSA) is 49.3 Å². The summed E-state index contributed by atoms with van der Waals surface area (Å²) >= 11 is 11.9. The summed E-state index contributed by atoms with van der Waals surface area (Å²) in [6.45, 7) is 0.700. The standard InChI is InChI=1S/C12H13Cl2NO2.ClH/c13-9-3-8(4-10(14)6-9)11-5-7(12(16)17)1-2-15-11;/h3-4,6-7,11,15H,1-2,5H2,(H,16,17);1H. The molecule has 1 aromatic rings. The molecule has 2 rings (SSSR count). The first-order valence-electron chi connectivity index (χ1n) is 5.48. The van der Waals surface area contributed by atoms with Gasteiger partial charge in [-0.3, -0.25) is 4.79 Å². The third-order valence-electron chi connectivity index (χ3n) is 3.04. The number of rotatable bonds is 2. The largest absolute Gasteiger partial charge is 0.481 e. The summed E-state index contributed by atoms with van der Waals surface area (Å²) in [7, 11) is 0. The summed E-state index contributed by atoms with van der Waals surface area (Å²) in [6.07, 6.45) is 1.24. The molecule has 2 unspecified atom stereocenters. The van der Waals surface area contributed by atoms with Crippen LogP contribution < -0.4 is 5.32 Å². The van der Waals surface area contributed by atoms with E-state index in [9.17, 15) is 4.79 Å². The van der Waals surface area contributed by atoms with E-state index in [2.05, 4.69) is 5.32 Å². The molecule has 0 amide bonds. The van der Waals surface area contributed by atoms with Crippen molar-refractivity contribution in [2.24, 2.45) is 5.92 Å². The van der Waals surface area contributed by atoms with Gasteiger partial charge in [0.25, 0.3) is 0 Å². The van der Waals surface area contributed by atoms with Gasteiger partial charge in [-0.1, -0.05) is 23.2 Å². The zero-order chi connectivity index (χ0) is 12.4. The summed E-state index contributed by atoms with van der Waals surface area (Å²) < 4.78 is 0. The van der Waals surface area contributed by atoms with Crippen molar-refractivity contribution in [3.05, 3.63) is 33.8 Å². The van der Waals surface area contributed by atoms with Crippen LogP contribution in [0.15, 0.2) is 18.2 Å². The van der Waals surface area contributed by atoms with Gasteiger partial charge in [-0.2, -0.15) is 0 Å². The fraction of sp³-hybridized carbons (Fsp3) is 0.417. The Morgan fingerprint density at radius 1 is 1.28 bits per heavy atom. The highest BCUT2D eigenvalue weighted by molar-refractivity contribution is 6.34. The molecule has 0 aliphatic carbocycles. The smallest absolute Gasteiger partial charge is 0.306 e. The molecular weight excluding hydrogens is 296 g/mol. The van der Waals surface area contributed by atoms with E-state index in [4.69, 9.17) is 28.3 Å². The first-order chi connectivity index (χ1) is 8.06. The lowest BCUT2D eigenvalue weighted by atomic mass is 9.89. The molecule has 1 aromatic carbocycles. The van der Waals surface area contributed by atoms with E-state index in [0.29, 0.717) is 29.4 Å². The maximum absolute atomic E-state index is 11.0. The van der Waals surface area contributed by atoms with Crippen molar-refractivity contribution in [1.29, 1.82) is 0 Å². The van der Waals surface area contributed by atoms with Gasteiger partial charge in [-0.15, -0.1) is 12.4 Å². The third kappa shape index (κ3) is 3.75. The lowest BCUT2D eigenvalue weighted by molar-refractivity contribution is -0.143. The number of hydrogen-bond acceptors (Lipinski definition) is 2. The van der Waals surface area contributed by atoms with Crippen molar-refractivity contribution >= 4 is 41.6 Å². The van der Waals surface area contributed by atoms with Gasteiger partial charge < -0.3 is 10.4 Å². The van der Waals surface area contributed by atoms with Crippen LogP contribution in [0.2, 0.25) is 10.0 Å². The van der Waals surface area contributed by atoms with Crippen LogP contribution in [0.4, 0.5) is 0 Å². The quantitative estimate of drug-likeness (QED) is 0.878. The number of carbonyl (C=O) groups is 1. The average molecular weight is 311 g/mol. The Morgan fingerprint density at radius 3 is 2.44 bits per heavy atom. The van der Waals surface area contributed by atoms with Gasteiger partial charge in [-0.05, 0) is 43.1 Å². The zero-order valence-electron chi connectivity index (χ0n) is 9.53. The number of aliphatic carboxylic acids is 1. The minimum absolute atomic E-state index is 0. The molecule has 3 nitrogen and oxygen atoms in total. The lowest BCUT2D eigenvalue weighted by Crippen LogP contribution is -2.34. The molecule has 1 fully saturated rings. The predicted molar refractivity (Wildman–Crippen MR) is 74.8 cm³/mol. The number of piperidine rings is 1. The zero-order valence-corrected chi connectivity index (χ0v) is 11.9. The van der Waals surface area contributed by atoms with Crippen LogP contribution in [0.25, 0.3) is 0 Å². The molecule has 6 heteroatoms. The molecule has 0 aromatic heterocycles. The highest BCUT2D eigenvalue weighted by atomic mass is 35.5. The molecule has 1 saturated heterocycles. The lowest BCUT2D eigenvalue weighted by Gasteiger charge is -2.28. The van der Waals surface area contributed by atoms with E-state index >= 15 is 0 Å². The molecule has 100 valence electrons. The van der Waals surface area contributed by atoms with Crippen LogP contribution >= 0.6 is 35.6 Å². The van der Waals surface area contributed by atoms with E-state index in [0.717, 1.165) is 5.56 Å². The first kappa shape index (κ1) is 15.6. The number of carboxylic acids is 1. The maximum atomic E-state index is 11.0. The van der Waals surface area contributed by atoms with Gasteiger partial charge in [-0.25, -0.2) is 0 Å². The minimum atomic E-state index is -0.732. The maximum Gasteiger partial charge on any atom is 0.306 e. The number of nitrogens with one attached hydrogen (secondary N) is 1. The van der Waals surface area contributed by atoms with Crippen molar-refractivity contribution in [2.75, 3.05) is 6.54 Å². The molecule has 1 heterocycles. The van der Waals surface area contributed by atoms with Crippen LogP contribution in [-0.4, -0.2) is 17.6 Å². The second-order valence-corrected chi connectivity index (χ2v) is 5.14. The van der Waals surface area contributed by atoms with E-state index in [1.54, 1.807) is 6.07 Å². The van der Waals surface area contributed by atoms with Crippen LogP contribution in [0.5, 0.6) is 0 Å². The van der Waals surface area contributed by atoms with E-state index in [-0.39, 0.29) is 24.4 Å². The molecule has 18 heavy (non-hydrogen) atoms. The summed E-state index contributed by atoms with van der Waals surface area (Å²) in [5.41, 5.74) is 0.952. The van der Waals surface area contributed by atoms with Crippen molar-refractivity contribution in [1.82, 2.24) is 5.32 Å². The predicted octanol–water partition coefficient (Wildman–Crippen LogP) is 3.54. The normalized spacial score (nSPS) is 23.2. The van der Waals surface area contributed by atoms with Gasteiger partial charge in [0, 0.05) is 16.1 Å². The average Bonchev–Trinajstić information content (AvgIpc) is 2.28. The Morgan fingerprint density at radius 2 is 1.89 bits per heavy atom. The summed E-state index contributed by atoms with van der Waals surface area (Å²) in [5, 5.41) is 13.5. The molecule has 0 saturated carbocycles. The number of hydrogen-bond donors (Lipinski definition) is 2. The van der Waals surface area contributed by atoms with Gasteiger partial charge in [0.1, 0.15) is 0 Å². The van der Waals surface area contributed by atoms with Gasteiger partial charge in [0.2, 0.25) is 0 Å². The van der Waals surface area contributed by atoms with Crippen molar-refractivity contribution < 1.29 is 9.90 Å². The number of carboxylic acid groups (broad SMARTS) is 1. The SMILES string of the molecule is Cl.O=C(O)C1CCNC(c2cc(Cl)cc(Cl)c2)C1. The number of benzene rings is 1. The van der Waals surface area contributed by atoms with Crippen LogP contribution in [0.1, 0.15) is 24.4 Å². The van der Waals surface area contributed by atoms with Crippen molar-refractivity contribution in [3.63, 3.8) is 0 Å². The van der Waals surface area contributed by atoms with Crippen LogP contribution in [-0.2, 0) is 4.79 Å². The molecule has 2 atom stereocenters. The summed E-state index contributed by atoms with van der Waals surface area (Å²) in [5.74, 6) is -1.02. The molecule has 1 aliphatic heterocycles. The second kappa shape index (κ2) is 6.62. The minimum Gasteiger partial charge on any atom is -0.481 e. The molecular formula is C12H14Cl3NO2. The first-order valence-corrected chi connectivity index (χ1v) is 6.24. The fourth-order valence-corrected chi connectivity index (χ4v) is 2.71. The van der Waals surface area contributed by atoms with E-state index in [1.807, 2.05) is 12.1 Å². The molecule has 1 aliphatic rings. The monoisotopic (exact) mass is 309 g/mol. The van der Waals surface area contributed by atoms with Gasteiger partial charge >= 0.3 is 5.97 Å². The Balaban J connectivity index is 0.00000162. The van der Waals surface area contributed by atoms with Crippen molar-refractivity contribution in [2.45, 2.75) is 18.9 Å². The Labute approximate surface area is 122 Å². The van der Waals surface area contributed by atoms with Crippen LogP contribution in [0, 0.1) is 5.92 Å². The molecule has 0 spiro atoms. The number of halogens is 3. The molecule has 2 N–H and O–H groups in total. The highest BCUT2D eigenvalue weighted by Gasteiger charge is 2.27. The van der Waals surface area contributed by atoms with Gasteiger partial charge in [0.05, 0.1) is 5.92 Å². The van der Waals surface area contributed by atoms with E-state index < -0.39 is 5.97 Å². The summed E-state index contributed by atoms with van der Waals surface area (Å²) in [6, 6.07) is 5.34. The molecule has 0 bridgehead atoms. The Kier molecular flexibility index (Phi) is 5.73. The highest BCUT2D eigenvalue weighted by Crippen LogP contribution is 2.30. The summed E-state index contributed by atoms with van der Waals surface area (Å²) in [4.78, 5) is 11.0. The molecule has 0 radical (unpaired) electrons. The van der Waals surface area contributed by atoms with Gasteiger partial charge in [0.15, 0.2) is 0 Å². The van der Waals surface area contributed by atoms with Crippen molar-refractivity contribution in [3.8, 4) is 0 Å². The Bertz CT molecular complexity index is 419.